The molecule has 0 N–H and O–H groups in total. The van der Waals surface area contributed by atoms with E-state index in [0.29, 0.717) is 12.6 Å². The fourth-order valence-electron chi connectivity index (χ4n) is 2.35. The van der Waals surface area contributed by atoms with E-state index in [9.17, 15) is 4.57 Å². The van der Waals surface area contributed by atoms with Crippen molar-refractivity contribution < 1.29 is 9.09 Å². The van der Waals surface area contributed by atoms with Crippen LogP contribution in [0.3, 0.4) is 0 Å². The zero-order valence-corrected chi connectivity index (χ0v) is 12.2. The molecule has 1 aromatic carbocycles. The summed E-state index contributed by atoms with van der Waals surface area (Å²) in [7, 11) is 0. The van der Waals surface area contributed by atoms with Gasteiger partial charge in [0.15, 0.2) is 0 Å². The third kappa shape index (κ3) is 4.76. The smallest absolute Gasteiger partial charge is 0.290 e. The van der Waals surface area contributed by atoms with Gasteiger partial charge in [-0.1, -0.05) is 49.6 Å². The van der Waals surface area contributed by atoms with E-state index >= 15 is 0 Å². The summed E-state index contributed by atoms with van der Waals surface area (Å²) in [5.41, 5.74) is 1.16. The van der Waals surface area contributed by atoms with Gasteiger partial charge < -0.3 is 4.52 Å². The maximum atomic E-state index is 12.2. The van der Waals surface area contributed by atoms with Crippen molar-refractivity contribution in [3.63, 3.8) is 0 Å². The van der Waals surface area contributed by atoms with Gasteiger partial charge in [0, 0.05) is 6.16 Å². The molecule has 1 aliphatic carbocycles. The number of rotatable bonds is 5. The van der Waals surface area contributed by atoms with Gasteiger partial charge in [0.25, 0.3) is 6.72 Å². The van der Waals surface area contributed by atoms with E-state index in [1.165, 1.54) is 19.3 Å². The van der Waals surface area contributed by atoms with Gasteiger partial charge in [-0.2, -0.15) is 0 Å². The fourth-order valence-corrected chi connectivity index (χ4v) is 4.23. The molecule has 0 saturated heterocycles. The fraction of sp³-hybridized carbons (Fsp3) is 0.571. The van der Waals surface area contributed by atoms with E-state index in [1.54, 1.807) is 0 Å². The summed E-state index contributed by atoms with van der Waals surface area (Å²) in [5.74, 6) is 0. The Morgan fingerprint density at radius 2 is 1.83 bits per heavy atom. The molecular formula is C14H20ClO2P. The molecule has 2 rings (SSSR count). The highest BCUT2D eigenvalue weighted by molar-refractivity contribution is 7.85. The van der Waals surface area contributed by atoms with Gasteiger partial charge in [-0.15, -0.1) is 0 Å². The molecule has 1 aliphatic rings. The lowest BCUT2D eigenvalue weighted by Crippen LogP contribution is -2.15. The summed E-state index contributed by atoms with van der Waals surface area (Å²) < 4.78 is 17.8. The highest BCUT2D eigenvalue weighted by Gasteiger charge is 2.25. The maximum absolute atomic E-state index is 12.2. The number of hydrogen-bond donors (Lipinski definition) is 0. The standard InChI is InChI=1S/C14H20ClO2P/c15-18(16,17-14-9-5-2-6-10-14)12-11-13-7-3-1-4-8-13/h1,3-4,7-8,14H,2,5-6,9-12H2/t18-/m1/s1. The van der Waals surface area contributed by atoms with Crippen LogP contribution in [0.25, 0.3) is 0 Å². The minimum atomic E-state index is -2.95. The van der Waals surface area contributed by atoms with Gasteiger partial charge in [-0.25, -0.2) is 0 Å². The van der Waals surface area contributed by atoms with Crippen molar-refractivity contribution >= 4 is 18.0 Å². The first-order valence-electron chi connectivity index (χ1n) is 6.67. The number of benzene rings is 1. The van der Waals surface area contributed by atoms with E-state index in [0.717, 1.165) is 18.4 Å². The molecule has 2 nitrogen and oxygen atoms in total. The largest absolute Gasteiger partial charge is 0.314 e. The van der Waals surface area contributed by atoms with Crippen molar-refractivity contribution in [2.24, 2.45) is 0 Å². The third-order valence-electron chi connectivity index (χ3n) is 3.37. The molecule has 4 heteroatoms. The maximum Gasteiger partial charge on any atom is 0.290 e. The molecule has 0 bridgehead atoms. The summed E-state index contributed by atoms with van der Waals surface area (Å²) in [6.45, 7) is -2.95. The number of aryl methyl sites for hydroxylation is 1. The molecule has 100 valence electrons. The van der Waals surface area contributed by atoms with E-state index in [-0.39, 0.29) is 6.10 Å². The summed E-state index contributed by atoms with van der Waals surface area (Å²) in [5, 5.41) is 0. The third-order valence-corrected chi connectivity index (χ3v) is 5.49. The van der Waals surface area contributed by atoms with Crippen LogP contribution in [-0.2, 0) is 15.5 Å². The summed E-state index contributed by atoms with van der Waals surface area (Å²) in [4.78, 5) is 0. The molecule has 0 aromatic heterocycles. The SMILES string of the molecule is O=[P@](Cl)(CCc1ccccc1)OC1CCCCC1. The second kappa shape index (κ2) is 6.75. The van der Waals surface area contributed by atoms with Crippen molar-refractivity contribution in [1.82, 2.24) is 0 Å². The molecule has 0 radical (unpaired) electrons. The molecule has 0 aliphatic heterocycles. The molecule has 0 unspecified atom stereocenters. The van der Waals surface area contributed by atoms with Crippen LogP contribution < -0.4 is 0 Å². The number of halogens is 1. The Morgan fingerprint density at radius 1 is 1.17 bits per heavy atom. The topological polar surface area (TPSA) is 26.3 Å². The van der Waals surface area contributed by atoms with Crippen LogP contribution in [0.5, 0.6) is 0 Å². The average molecular weight is 287 g/mol. The Bertz CT molecular complexity index is 402. The van der Waals surface area contributed by atoms with Gasteiger partial charge in [-0.3, -0.25) is 4.57 Å². The Hall–Kier alpha value is -0.300. The highest BCUT2D eigenvalue weighted by atomic mass is 35.7. The number of hydrogen-bond acceptors (Lipinski definition) is 2. The van der Waals surface area contributed by atoms with Crippen LogP contribution in [0, 0.1) is 0 Å². The predicted molar refractivity (Wildman–Crippen MR) is 76.4 cm³/mol. The van der Waals surface area contributed by atoms with Crippen molar-refractivity contribution in [3.8, 4) is 0 Å². The lowest BCUT2D eigenvalue weighted by molar-refractivity contribution is 0.163. The first kappa shape index (κ1) is 14.1. The molecule has 0 spiro atoms. The molecule has 1 saturated carbocycles. The lowest BCUT2D eigenvalue weighted by atomic mass is 9.98. The Morgan fingerprint density at radius 3 is 2.50 bits per heavy atom. The average Bonchev–Trinajstić information content (AvgIpc) is 2.38. The second-order valence-electron chi connectivity index (χ2n) is 4.91. The summed E-state index contributed by atoms with van der Waals surface area (Å²) >= 11 is 6.05. The molecule has 0 heterocycles. The van der Waals surface area contributed by atoms with E-state index in [2.05, 4.69) is 0 Å². The molecular weight excluding hydrogens is 267 g/mol. The zero-order chi connectivity index (χ0) is 12.8. The van der Waals surface area contributed by atoms with Crippen molar-refractivity contribution in [2.45, 2.75) is 44.6 Å². The summed E-state index contributed by atoms with van der Waals surface area (Å²) in [6, 6.07) is 9.99. The molecule has 0 amide bonds. The quantitative estimate of drug-likeness (QED) is 0.711. The highest BCUT2D eigenvalue weighted by Crippen LogP contribution is 2.54. The van der Waals surface area contributed by atoms with Crippen molar-refractivity contribution in [1.29, 1.82) is 0 Å². The molecule has 1 fully saturated rings. The van der Waals surface area contributed by atoms with Crippen LogP contribution in [-0.4, -0.2) is 12.3 Å². The van der Waals surface area contributed by atoms with Crippen molar-refractivity contribution in [2.75, 3.05) is 6.16 Å². The first-order valence-corrected chi connectivity index (χ1v) is 9.38. The van der Waals surface area contributed by atoms with Crippen LogP contribution in [0.4, 0.5) is 0 Å². The molecule has 1 aromatic rings. The minimum absolute atomic E-state index is 0.109. The van der Waals surface area contributed by atoms with Crippen LogP contribution >= 0.6 is 18.0 Å². The Labute approximate surface area is 114 Å². The zero-order valence-electron chi connectivity index (χ0n) is 10.6. The monoisotopic (exact) mass is 286 g/mol. The normalized spacial score (nSPS) is 20.5. The van der Waals surface area contributed by atoms with Gasteiger partial charge >= 0.3 is 0 Å². The Balaban J connectivity index is 1.81. The van der Waals surface area contributed by atoms with Gasteiger partial charge in [0.05, 0.1) is 6.10 Å². The second-order valence-corrected chi connectivity index (χ2v) is 8.30. The van der Waals surface area contributed by atoms with E-state index in [4.69, 9.17) is 15.8 Å². The first-order chi connectivity index (χ1) is 8.66. The predicted octanol–water partition coefficient (Wildman–Crippen LogP) is 5.01. The van der Waals surface area contributed by atoms with Crippen LogP contribution in [0.15, 0.2) is 30.3 Å². The van der Waals surface area contributed by atoms with Crippen molar-refractivity contribution in [3.05, 3.63) is 35.9 Å². The molecule has 1 atom stereocenters. The Kier molecular flexibility index (Phi) is 5.29. The van der Waals surface area contributed by atoms with Gasteiger partial charge in [0.2, 0.25) is 0 Å². The van der Waals surface area contributed by atoms with Gasteiger partial charge in [0.1, 0.15) is 0 Å². The van der Waals surface area contributed by atoms with E-state index in [1.807, 2.05) is 30.3 Å². The van der Waals surface area contributed by atoms with Gasteiger partial charge in [-0.05, 0) is 36.1 Å². The minimum Gasteiger partial charge on any atom is -0.314 e. The van der Waals surface area contributed by atoms with Crippen LogP contribution in [0.2, 0.25) is 0 Å². The van der Waals surface area contributed by atoms with E-state index < -0.39 is 6.72 Å². The molecule has 18 heavy (non-hydrogen) atoms. The van der Waals surface area contributed by atoms with Crippen LogP contribution in [0.1, 0.15) is 37.7 Å². The lowest BCUT2D eigenvalue weighted by Gasteiger charge is -2.24. The summed E-state index contributed by atoms with van der Waals surface area (Å²) in [6.07, 6.45) is 6.85.